The molecule has 1 saturated carbocycles. The lowest BCUT2D eigenvalue weighted by molar-refractivity contribution is -0.138. The molecule has 1 N–H and O–H groups in total. The second kappa shape index (κ2) is 10.6. The molecule has 0 radical (unpaired) electrons. The van der Waals surface area contributed by atoms with E-state index in [1.165, 1.54) is 23.4 Å². The van der Waals surface area contributed by atoms with E-state index in [1.807, 2.05) is 11.0 Å². The minimum absolute atomic E-state index is 0.0670. The Bertz CT molecular complexity index is 1250. The molecule has 0 unspecified atom stereocenters. The first-order chi connectivity index (χ1) is 17.8. The number of anilines is 2. The number of hydrogen-bond donors (Lipinski definition) is 1. The van der Waals surface area contributed by atoms with E-state index in [0.29, 0.717) is 29.1 Å². The van der Waals surface area contributed by atoms with Gasteiger partial charge >= 0.3 is 6.18 Å². The van der Waals surface area contributed by atoms with Crippen LogP contribution >= 0.6 is 0 Å². The van der Waals surface area contributed by atoms with Crippen LogP contribution in [0.1, 0.15) is 36.8 Å². The van der Waals surface area contributed by atoms with Gasteiger partial charge in [-0.2, -0.15) is 13.2 Å². The summed E-state index contributed by atoms with van der Waals surface area (Å²) in [6.07, 6.45) is 0.815. The third kappa shape index (κ3) is 5.68. The number of rotatable bonds is 5. The van der Waals surface area contributed by atoms with E-state index >= 15 is 0 Å². The minimum atomic E-state index is -4.39. The first-order valence-electron chi connectivity index (χ1n) is 13.1. The number of nitrogens with one attached hydrogen (secondary N) is 1. The van der Waals surface area contributed by atoms with Crippen LogP contribution in [0.25, 0.3) is 10.9 Å². The van der Waals surface area contributed by atoms with E-state index in [0.717, 1.165) is 57.9 Å². The summed E-state index contributed by atoms with van der Waals surface area (Å²) < 4.78 is 39.6. The highest BCUT2D eigenvalue weighted by Gasteiger charge is 2.32. The van der Waals surface area contributed by atoms with Crippen LogP contribution in [-0.4, -0.2) is 48.5 Å². The zero-order valence-electron chi connectivity index (χ0n) is 21.1. The Morgan fingerprint density at radius 2 is 1.73 bits per heavy atom. The average molecular weight is 511 g/mol. The smallest absolute Gasteiger partial charge is 0.384 e. The van der Waals surface area contributed by atoms with Crippen LogP contribution in [0.3, 0.4) is 0 Å². The molecule has 5 nitrogen and oxygen atoms in total. The molecule has 8 heteroatoms. The molecular weight excluding hydrogens is 477 g/mol. The van der Waals surface area contributed by atoms with E-state index in [1.54, 1.807) is 12.3 Å². The predicted octanol–water partition coefficient (Wildman–Crippen LogP) is 6.13. The lowest BCUT2D eigenvalue weighted by Gasteiger charge is -2.39. The van der Waals surface area contributed by atoms with Crippen LogP contribution in [0.15, 0.2) is 54.7 Å². The maximum atomic E-state index is 13.2. The zero-order valence-corrected chi connectivity index (χ0v) is 21.1. The highest BCUT2D eigenvalue weighted by atomic mass is 19.4. The van der Waals surface area contributed by atoms with E-state index < -0.39 is 11.7 Å². The number of alkyl halides is 3. The van der Waals surface area contributed by atoms with Gasteiger partial charge in [0.25, 0.3) is 0 Å². The SMILES string of the molecule is Cc1ccccc1N1CCN(C(=O)C2CCC(CNc3ccnc4ccc(C(F)(F)F)cc34)CC2)CC1. The van der Waals surface area contributed by atoms with Gasteiger partial charge in [-0.05, 0) is 74.4 Å². The van der Waals surface area contributed by atoms with Gasteiger partial charge in [-0.1, -0.05) is 18.2 Å². The molecule has 2 fully saturated rings. The van der Waals surface area contributed by atoms with Gasteiger partial charge in [0.2, 0.25) is 5.91 Å². The van der Waals surface area contributed by atoms with Crippen molar-refractivity contribution in [2.45, 2.75) is 38.8 Å². The number of carbonyl (C=O) groups is 1. The third-order valence-corrected chi connectivity index (χ3v) is 7.89. The van der Waals surface area contributed by atoms with Crippen LogP contribution < -0.4 is 10.2 Å². The molecule has 1 aromatic heterocycles. The summed E-state index contributed by atoms with van der Waals surface area (Å²) in [6, 6.07) is 13.8. The number of carbonyl (C=O) groups excluding carboxylic acids is 1. The molecule has 1 aliphatic carbocycles. The maximum Gasteiger partial charge on any atom is 0.416 e. The fourth-order valence-electron chi connectivity index (χ4n) is 5.69. The topological polar surface area (TPSA) is 48.5 Å². The monoisotopic (exact) mass is 510 g/mol. The van der Waals surface area contributed by atoms with Gasteiger partial charge in [0, 0.05) is 61.6 Å². The summed E-state index contributed by atoms with van der Waals surface area (Å²) >= 11 is 0. The molecule has 2 aliphatic rings. The standard InChI is InChI=1S/C29H33F3N4O/c1-20-4-2-3-5-27(20)35-14-16-36(17-15-35)28(37)22-8-6-21(7-9-22)19-34-26-12-13-33-25-11-10-23(18-24(25)26)29(30,31)32/h2-5,10-13,18,21-22H,6-9,14-17,19H2,1H3,(H,33,34). The Morgan fingerprint density at radius 3 is 2.43 bits per heavy atom. The van der Waals surface area contributed by atoms with Crippen molar-refractivity contribution >= 4 is 28.2 Å². The fraction of sp³-hybridized carbons (Fsp3) is 0.448. The molecule has 0 atom stereocenters. The Kier molecular flexibility index (Phi) is 7.26. The van der Waals surface area contributed by atoms with Gasteiger partial charge in [0.1, 0.15) is 0 Å². The summed E-state index contributed by atoms with van der Waals surface area (Å²) in [4.78, 5) is 21.8. The molecule has 1 aliphatic heterocycles. The summed E-state index contributed by atoms with van der Waals surface area (Å²) in [5.41, 5.74) is 3.04. The van der Waals surface area contributed by atoms with Gasteiger partial charge in [0.05, 0.1) is 11.1 Å². The van der Waals surface area contributed by atoms with Gasteiger partial charge in [-0.3, -0.25) is 9.78 Å². The van der Waals surface area contributed by atoms with Crippen molar-refractivity contribution in [3.8, 4) is 0 Å². The quantitative estimate of drug-likeness (QED) is 0.449. The van der Waals surface area contributed by atoms with Crippen molar-refractivity contribution in [3.63, 3.8) is 0 Å². The second-order valence-corrected chi connectivity index (χ2v) is 10.3. The first-order valence-corrected chi connectivity index (χ1v) is 13.1. The van der Waals surface area contributed by atoms with Crippen LogP contribution in [0.4, 0.5) is 24.5 Å². The van der Waals surface area contributed by atoms with Gasteiger partial charge in [-0.25, -0.2) is 0 Å². The molecule has 2 aromatic carbocycles. The molecule has 1 saturated heterocycles. The number of piperazine rings is 1. The fourth-order valence-corrected chi connectivity index (χ4v) is 5.69. The number of benzene rings is 2. The van der Waals surface area contributed by atoms with Crippen molar-refractivity contribution in [2.24, 2.45) is 11.8 Å². The first kappa shape index (κ1) is 25.4. The van der Waals surface area contributed by atoms with Crippen molar-refractivity contribution in [1.29, 1.82) is 0 Å². The molecule has 2 heterocycles. The molecule has 1 amide bonds. The van der Waals surface area contributed by atoms with E-state index in [9.17, 15) is 18.0 Å². The number of aryl methyl sites for hydroxylation is 1. The van der Waals surface area contributed by atoms with E-state index in [4.69, 9.17) is 0 Å². The number of hydrogen-bond acceptors (Lipinski definition) is 4. The molecule has 0 spiro atoms. The Hall–Kier alpha value is -3.29. The lowest BCUT2D eigenvalue weighted by Crippen LogP contribution is -2.51. The lowest BCUT2D eigenvalue weighted by atomic mass is 9.81. The second-order valence-electron chi connectivity index (χ2n) is 10.3. The van der Waals surface area contributed by atoms with Crippen LogP contribution in [0, 0.1) is 18.8 Å². The summed E-state index contributed by atoms with van der Waals surface area (Å²) in [6.45, 7) is 6.01. The predicted molar refractivity (Wildman–Crippen MR) is 141 cm³/mol. The van der Waals surface area contributed by atoms with Crippen molar-refractivity contribution in [3.05, 3.63) is 65.9 Å². The Balaban J connectivity index is 1.12. The van der Waals surface area contributed by atoms with Crippen LogP contribution in [-0.2, 0) is 11.0 Å². The Morgan fingerprint density at radius 1 is 1.00 bits per heavy atom. The minimum Gasteiger partial charge on any atom is -0.384 e. The highest BCUT2D eigenvalue weighted by Crippen LogP contribution is 2.34. The normalized spacial score (nSPS) is 20.8. The molecule has 37 heavy (non-hydrogen) atoms. The molecule has 196 valence electrons. The van der Waals surface area contributed by atoms with E-state index in [-0.39, 0.29) is 11.8 Å². The van der Waals surface area contributed by atoms with Crippen molar-refractivity contribution < 1.29 is 18.0 Å². The molecular formula is C29H33F3N4O. The van der Waals surface area contributed by atoms with E-state index in [2.05, 4.69) is 40.3 Å². The van der Waals surface area contributed by atoms with Crippen molar-refractivity contribution in [1.82, 2.24) is 9.88 Å². The number of halogens is 3. The number of aromatic nitrogens is 1. The molecule has 5 rings (SSSR count). The van der Waals surface area contributed by atoms with Crippen molar-refractivity contribution in [2.75, 3.05) is 42.9 Å². The summed E-state index contributed by atoms with van der Waals surface area (Å²) in [5, 5.41) is 3.84. The van der Waals surface area contributed by atoms with Gasteiger partial charge in [-0.15, -0.1) is 0 Å². The number of pyridine rings is 1. The number of nitrogens with zero attached hydrogens (tertiary/aromatic N) is 3. The average Bonchev–Trinajstić information content (AvgIpc) is 2.91. The molecule has 0 bridgehead atoms. The molecule has 3 aromatic rings. The number of para-hydroxylation sites is 1. The number of fused-ring (bicyclic) bond motifs is 1. The van der Waals surface area contributed by atoms with Gasteiger partial charge < -0.3 is 15.1 Å². The van der Waals surface area contributed by atoms with Crippen LogP contribution in [0.2, 0.25) is 0 Å². The highest BCUT2D eigenvalue weighted by molar-refractivity contribution is 5.91. The van der Waals surface area contributed by atoms with Gasteiger partial charge in [0.15, 0.2) is 0 Å². The van der Waals surface area contributed by atoms with Crippen LogP contribution in [0.5, 0.6) is 0 Å². The largest absolute Gasteiger partial charge is 0.416 e. The number of amides is 1. The zero-order chi connectivity index (χ0) is 26.0. The summed E-state index contributed by atoms with van der Waals surface area (Å²) in [7, 11) is 0. The third-order valence-electron chi connectivity index (χ3n) is 7.89. The summed E-state index contributed by atoms with van der Waals surface area (Å²) in [5.74, 6) is 0.726. The Labute approximate surface area is 215 Å². The maximum absolute atomic E-state index is 13.2.